The Morgan fingerprint density at radius 1 is 1.15 bits per heavy atom. The number of nitrogens with one attached hydrogen (secondary N) is 1. The lowest BCUT2D eigenvalue weighted by atomic mass is 10.2. The van der Waals surface area contributed by atoms with Crippen LogP contribution in [0.5, 0.6) is 5.88 Å². The maximum Gasteiger partial charge on any atom is 0.456 e. The van der Waals surface area contributed by atoms with Gasteiger partial charge in [-0.1, -0.05) is 6.92 Å². The largest absolute Gasteiger partial charge is 0.470 e. The fourth-order valence-corrected chi connectivity index (χ4v) is 3.80. The monoisotopic (exact) mass is 492 g/mol. The highest BCUT2D eigenvalue weighted by Gasteiger charge is 2.58. The molecular formula is C18H17F5N6O3S. The van der Waals surface area contributed by atoms with Crippen molar-refractivity contribution in [1.29, 1.82) is 0 Å². The van der Waals surface area contributed by atoms with E-state index in [0.717, 1.165) is 25.2 Å². The minimum absolute atomic E-state index is 0.0240. The van der Waals surface area contributed by atoms with Crippen LogP contribution in [0.3, 0.4) is 0 Å². The summed E-state index contributed by atoms with van der Waals surface area (Å²) >= 11 is 0. The standard InChI is InChI=1S/C18H17F5N6O3S/c1-2-33(30,31)16-14(15-24-6-5-12(29(15)28-16)27-10-3-4-10)11-7-26-13(8-25-11)32-9-17(19,20)18(21,22)23/h5-8,10,27H,2-4,9H2,1H3. The Bertz CT molecular complexity index is 1270. The number of alkyl halides is 5. The van der Waals surface area contributed by atoms with E-state index in [2.05, 4.69) is 30.1 Å². The predicted molar refractivity (Wildman–Crippen MR) is 105 cm³/mol. The molecule has 4 rings (SSSR count). The van der Waals surface area contributed by atoms with Gasteiger partial charge in [0.25, 0.3) is 0 Å². The van der Waals surface area contributed by atoms with E-state index in [0.29, 0.717) is 5.82 Å². The molecule has 0 radical (unpaired) electrons. The number of aromatic nitrogens is 5. The molecule has 178 valence electrons. The molecule has 33 heavy (non-hydrogen) atoms. The zero-order chi connectivity index (χ0) is 24.0. The van der Waals surface area contributed by atoms with Crippen molar-refractivity contribution >= 4 is 21.3 Å². The first kappa shape index (κ1) is 23.1. The van der Waals surface area contributed by atoms with Crippen LogP contribution in [0.4, 0.5) is 27.8 Å². The van der Waals surface area contributed by atoms with Crippen molar-refractivity contribution < 1.29 is 35.1 Å². The Morgan fingerprint density at radius 2 is 1.88 bits per heavy atom. The Kier molecular flexibility index (Phi) is 5.62. The second kappa shape index (κ2) is 8.04. The van der Waals surface area contributed by atoms with Gasteiger partial charge in [-0.2, -0.15) is 31.6 Å². The van der Waals surface area contributed by atoms with E-state index >= 15 is 0 Å². The van der Waals surface area contributed by atoms with Gasteiger partial charge in [0.15, 0.2) is 27.1 Å². The predicted octanol–water partition coefficient (Wildman–Crippen LogP) is 3.13. The van der Waals surface area contributed by atoms with Gasteiger partial charge >= 0.3 is 12.1 Å². The Morgan fingerprint density at radius 3 is 2.45 bits per heavy atom. The lowest BCUT2D eigenvalue weighted by Gasteiger charge is -2.19. The maximum atomic E-state index is 13.1. The minimum Gasteiger partial charge on any atom is -0.470 e. The van der Waals surface area contributed by atoms with Crippen LogP contribution in [-0.4, -0.2) is 63.5 Å². The van der Waals surface area contributed by atoms with E-state index < -0.39 is 34.4 Å². The molecular weight excluding hydrogens is 475 g/mol. The van der Waals surface area contributed by atoms with Crippen molar-refractivity contribution in [3.63, 3.8) is 0 Å². The van der Waals surface area contributed by atoms with Crippen LogP contribution < -0.4 is 10.1 Å². The fourth-order valence-electron chi connectivity index (χ4n) is 2.82. The van der Waals surface area contributed by atoms with E-state index in [9.17, 15) is 30.4 Å². The van der Waals surface area contributed by atoms with Crippen LogP contribution in [0.2, 0.25) is 0 Å². The van der Waals surface area contributed by atoms with Gasteiger partial charge in [-0.3, -0.25) is 0 Å². The van der Waals surface area contributed by atoms with Gasteiger partial charge in [-0.25, -0.2) is 23.4 Å². The second-order valence-electron chi connectivity index (χ2n) is 7.30. The molecule has 0 aliphatic heterocycles. The molecule has 0 saturated heterocycles. The molecule has 1 saturated carbocycles. The number of fused-ring (bicyclic) bond motifs is 1. The highest BCUT2D eigenvalue weighted by molar-refractivity contribution is 7.91. The quantitative estimate of drug-likeness (QED) is 0.478. The van der Waals surface area contributed by atoms with E-state index in [-0.39, 0.29) is 33.7 Å². The number of anilines is 1. The van der Waals surface area contributed by atoms with Crippen molar-refractivity contribution in [3.05, 3.63) is 24.7 Å². The van der Waals surface area contributed by atoms with Crippen LogP contribution >= 0.6 is 0 Å². The first-order valence-corrected chi connectivity index (χ1v) is 11.3. The van der Waals surface area contributed by atoms with Gasteiger partial charge in [0.2, 0.25) is 5.88 Å². The smallest absolute Gasteiger partial charge is 0.456 e. The average molecular weight is 492 g/mol. The van der Waals surface area contributed by atoms with Crippen LogP contribution in [-0.2, 0) is 9.84 Å². The second-order valence-corrected chi connectivity index (χ2v) is 9.49. The Balaban J connectivity index is 1.72. The summed E-state index contributed by atoms with van der Waals surface area (Å²) in [5, 5.41) is 7.12. The highest BCUT2D eigenvalue weighted by Crippen LogP contribution is 2.36. The van der Waals surface area contributed by atoms with Gasteiger partial charge in [-0.15, -0.1) is 0 Å². The zero-order valence-corrected chi connectivity index (χ0v) is 17.8. The molecule has 1 aliphatic rings. The van der Waals surface area contributed by atoms with Gasteiger partial charge in [0.1, 0.15) is 5.82 Å². The zero-order valence-electron chi connectivity index (χ0n) is 17.0. The number of nitrogens with zero attached hydrogens (tertiary/aromatic N) is 5. The van der Waals surface area contributed by atoms with Crippen molar-refractivity contribution in [2.75, 3.05) is 17.7 Å². The van der Waals surface area contributed by atoms with E-state index in [1.165, 1.54) is 17.6 Å². The van der Waals surface area contributed by atoms with Crippen LogP contribution in [0.15, 0.2) is 29.7 Å². The van der Waals surface area contributed by atoms with Gasteiger partial charge in [0.05, 0.1) is 29.4 Å². The third-order valence-electron chi connectivity index (χ3n) is 4.79. The molecule has 3 heterocycles. The molecule has 1 N–H and O–H groups in total. The molecule has 9 nitrogen and oxygen atoms in total. The SMILES string of the molecule is CCS(=O)(=O)c1nn2c(NC3CC3)ccnc2c1-c1cnc(OCC(F)(F)C(F)(F)F)cn1. The van der Waals surface area contributed by atoms with Crippen molar-refractivity contribution in [1.82, 2.24) is 24.6 Å². The van der Waals surface area contributed by atoms with E-state index in [1.807, 2.05) is 0 Å². The fraction of sp³-hybridized carbons (Fsp3) is 0.444. The minimum atomic E-state index is -5.78. The summed E-state index contributed by atoms with van der Waals surface area (Å²) in [6.07, 6.45) is -0.595. The van der Waals surface area contributed by atoms with E-state index in [1.54, 1.807) is 6.07 Å². The van der Waals surface area contributed by atoms with E-state index in [4.69, 9.17) is 0 Å². The first-order valence-electron chi connectivity index (χ1n) is 9.70. The molecule has 15 heteroatoms. The lowest BCUT2D eigenvalue weighted by molar-refractivity contribution is -0.290. The van der Waals surface area contributed by atoms with Gasteiger partial charge in [-0.05, 0) is 18.9 Å². The molecule has 3 aromatic rings. The number of sulfone groups is 1. The highest BCUT2D eigenvalue weighted by atomic mass is 32.2. The molecule has 1 aliphatic carbocycles. The topological polar surface area (TPSA) is 111 Å². The summed E-state index contributed by atoms with van der Waals surface area (Å²) in [7, 11) is -3.85. The summed E-state index contributed by atoms with van der Waals surface area (Å²) in [6.45, 7) is -0.544. The number of rotatable bonds is 8. The van der Waals surface area contributed by atoms with Crippen LogP contribution in [0, 0.1) is 0 Å². The molecule has 0 amide bonds. The van der Waals surface area contributed by atoms with Crippen molar-refractivity contribution in [2.24, 2.45) is 0 Å². The van der Waals surface area contributed by atoms with Crippen molar-refractivity contribution in [3.8, 4) is 17.1 Å². The molecule has 0 atom stereocenters. The third kappa shape index (κ3) is 4.54. The number of ether oxygens (including phenoxy) is 1. The number of halogens is 5. The summed E-state index contributed by atoms with van der Waals surface area (Å²) < 4.78 is 94.2. The first-order chi connectivity index (χ1) is 15.4. The molecule has 0 aromatic carbocycles. The molecule has 0 unspecified atom stereocenters. The van der Waals surface area contributed by atoms with Gasteiger partial charge < -0.3 is 10.1 Å². The summed E-state index contributed by atoms with van der Waals surface area (Å²) in [5.74, 6) is -5.42. The summed E-state index contributed by atoms with van der Waals surface area (Å²) in [6, 6.07) is 1.87. The van der Waals surface area contributed by atoms with Crippen LogP contribution in [0.1, 0.15) is 19.8 Å². The maximum absolute atomic E-state index is 13.1. The Labute approximate surface area is 183 Å². The van der Waals surface area contributed by atoms with Crippen LogP contribution in [0.25, 0.3) is 16.9 Å². The molecule has 0 spiro atoms. The lowest BCUT2D eigenvalue weighted by Crippen LogP contribution is -2.41. The normalized spacial score (nSPS) is 15.1. The third-order valence-corrected chi connectivity index (χ3v) is 6.43. The van der Waals surface area contributed by atoms with Crippen molar-refractivity contribution in [2.45, 2.75) is 42.9 Å². The number of hydrogen-bond donors (Lipinski definition) is 1. The van der Waals surface area contributed by atoms with Gasteiger partial charge in [0, 0.05) is 12.2 Å². The number of hydrogen-bond acceptors (Lipinski definition) is 8. The molecule has 1 fully saturated rings. The Hall–Kier alpha value is -3.10. The molecule has 3 aromatic heterocycles. The summed E-state index contributed by atoms with van der Waals surface area (Å²) in [4.78, 5) is 11.9. The molecule has 0 bridgehead atoms. The summed E-state index contributed by atoms with van der Waals surface area (Å²) in [5.41, 5.74) is 0.151. The average Bonchev–Trinajstić information content (AvgIpc) is 3.48.